The third-order valence-electron chi connectivity index (χ3n) is 4.02. The number of nitrogens with zero attached hydrogens (tertiary/aromatic N) is 2. The molecule has 0 radical (unpaired) electrons. The molecule has 1 saturated heterocycles. The molecule has 0 aliphatic carbocycles. The normalized spacial score (nSPS) is 17.6. The molecule has 0 bridgehead atoms. The molecule has 2 N–H and O–H groups in total. The van der Waals surface area contributed by atoms with E-state index >= 15 is 0 Å². The number of hydrogen-bond acceptors (Lipinski definition) is 5. The van der Waals surface area contributed by atoms with Crippen molar-refractivity contribution >= 4 is 17.7 Å². The molecule has 1 atom stereocenters. The van der Waals surface area contributed by atoms with Crippen molar-refractivity contribution in [2.45, 2.75) is 24.6 Å². The molecular weight excluding hydrogens is 310 g/mol. The lowest BCUT2D eigenvalue weighted by molar-refractivity contribution is -0.128. The van der Waals surface area contributed by atoms with Crippen LogP contribution >= 0.6 is 11.8 Å². The van der Waals surface area contributed by atoms with E-state index in [9.17, 15) is 4.79 Å². The third-order valence-corrected chi connectivity index (χ3v) is 4.97. The van der Waals surface area contributed by atoms with Crippen molar-refractivity contribution in [3.63, 3.8) is 0 Å². The number of carbonyl (C=O) groups excluding carboxylic acids is 1. The number of amides is 1. The van der Waals surface area contributed by atoms with Crippen LogP contribution in [0.2, 0.25) is 0 Å². The zero-order chi connectivity index (χ0) is 16.1. The molecule has 5 nitrogen and oxygen atoms in total. The number of benzene rings is 1. The molecule has 1 amide bonds. The predicted octanol–water partition coefficient (Wildman–Crippen LogP) is 2.52. The molecule has 1 aliphatic heterocycles. The van der Waals surface area contributed by atoms with Gasteiger partial charge in [-0.25, -0.2) is 4.98 Å². The van der Waals surface area contributed by atoms with Crippen LogP contribution in [0.3, 0.4) is 0 Å². The number of hydrogen-bond donors (Lipinski definition) is 1. The van der Waals surface area contributed by atoms with Gasteiger partial charge in [-0.05, 0) is 25.0 Å². The van der Waals surface area contributed by atoms with Crippen molar-refractivity contribution in [1.29, 1.82) is 0 Å². The molecule has 1 unspecified atom stereocenters. The van der Waals surface area contributed by atoms with E-state index in [1.165, 1.54) is 0 Å². The van der Waals surface area contributed by atoms with Crippen LogP contribution in [0.25, 0.3) is 11.5 Å². The predicted molar refractivity (Wildman–Crippen MR) is 91.9 cm³/mol. The fourth-order valence-corrected chi connectivity index (χ4v) is 3.61. The van der Waals surface area contributed by atoms with Gasteiger partial charge in [0.1, 0.15) is 6.26 Å². The van der Waals surface area contributed by atoms with Gasteiger partial charge in [-0.15, -0.1) is 11.8 Å². The topological polar surface area (TPSA) is 72.4 Å². The van der Waals surface area contributed by atoms with Gasteiger partial charge in [0.2, 0.25) is 11.8 Å². The highest BCUT2D eigenvalue weighted by Crippen LogP contribution is 2.22. The molecule has 122 valence electrons. The highest BCUT2D eigenvalue weighted by Gasteiger charge is 2.27. The summed E-state index contributed by atoms with van der Waals surface area (Å²) in [6, 6.07) is 10.0. The Hall–Kier alpha value is -1.79. The Kier molecular flexibility index (Phi) is 5.35. The first-order valence-electron chi connectivity index (χ1n) is 7.85. The Labute approximate surface area is 140 Å². The molecular formula is C17H21N3O2S. The number of nitrogens with two attached hydrogens (primary N) is 1. The van der Waals surface area contributed by atoms with Crippen molar-refractivity contribution < 1.29 is 9.21 Å². The van der Waals surface area contributed by atoms with E-state index in [1.54, 1.807) is 18.0 Å². The highest BCUT2D eigenvalue weighted by molar-refractivity contribution is 7.99. The standard InChI is InChI=1S/C17H21N3O2S/c18-9-15-7-4-8-20(15)16(21)12-23-11-14-10-22-17(19-14)13-5-2-1-3-6-13/h1-3,5-6,10,15H,4,7-9,11-12,18H2. The molecule has 0 saturated carbocycles. The van der Waals surface area contributed by atoms with Crippen LogP contribution in [0.15, 0.2) is 41.0 Å². The van der Waals surface area contributed by atoms with Crippen molar-refractivity contribution in [2.75, 3.05) is 18.8 Å². The summed E-state index contributed by atoms with van der Waals surface area (Å²) in [6.45, 7) is 1.39. The van der Waals surface area contributed by atoms with Gasteiger partial charge >= 0.3 is 0 Å². The number of oxazole rings is 1. The summed E-state index contributed by atoms with van der Waals surface area (Å²) < 4.78 is 5.51. The minimum Gasteiger partial charge on any atom is -0.444 e. The molecule has 1 aromatic heterocycles. The highest BCUT2D eigenvalue weighted by atomic mass is 32.2. The van der Waals surface area contributed by atoms with E-state index in [4.69, 9.17) is 10.2 Å². The first kappa shape index (κ1) is 16.1. The number of aromatic nitrogens is 1. The lowest BCUT2D eigenvalue weighted by Crippen LogP contribution is -2.40. The van der Waals surface area contributed by atoms with E-state index in [0.29, 0.717) is 23.9 Å². The van der Waals surface area contributed by atoms with Crippen LogP contribution in [0.5, 0.6) is 0 Å². The Morgan fingerprint density at radius 1 is 1.39 bits per heavy atom. The first-order chi connectivity index (χ1) is 11.3. The summed E-state index contributed by atoms with van der Waals surface area (Å²) in [4.78, 5) is 18.6. The third kappa shape index (κ3) is 3.95. The Morgan fingerprint density at radius 3 is 3.00 bits per heavy atom. The number of likely N-dealkylation sites (tertiary alicyclic amines) is 1. The van der Waals surface area contributed by atoms with E-state index in [0.717, 1.165) is 30.6 Å². The molecule has 1 fully saturated rings. The second-order valence-corrected chi connectivity index (χ2v) is 6.61. The van der Waals surface area contributed by atoms with E-state index in [-0.39, 0.29) is 11.9 Å². The lowest BCUT2D eigenvalue weighted by Gasteiger charge is -2.23. The summed E-state index contributed by atoms with van der Waals surface area (Å²) in [5, 5.41) is 0. The second-order valence-electron chi connectivity index (χ2n) is 5.62. The van der Waals surface area contributed by atoms with Crippen LogP contribution in [0.4, 0.5) is 0 Å². The van der Waals surface area contributed by atoms with E-state index < -0.39 is 0 Å². The monoisotopic (exact) mass is 331 g/mol. The zero-order valence-corrected chi connectivity index (χ0v) is 13.8. The van der Waals surface area contributed by atoms with Gasteiger partial charge in [-0.1, -0.05) is 18.2 Å². The van der Waals surface area contributed by atoms with Gasteiger partial charge in [-0.2, -0.15) is 0 Å². The molecule has 6 heteroatoms. The fourth-order valence-electron chi connectivity index (χ4n) is 2.82. The smallest absolute Gasteiger partial charge is 0.232 e. The van der Waals surface area contributed by atoms with Crippen molar-refractivity contribution in [3.8, 4) is 11.5 Å². The Morgan fingerprint density at radius 2 is 2.22 bits per heavy atom. The van der Waals surface area contributed by atoms with Crippen LogP contribution in [-0.2, 0) is 10.5 Å². The van der Waals surface area contributed by atoms with Gasteiger partial charge in [-0.3, -0.25) is 4.79 Å². The molecule has 23 heavy (non-hydrogen) atoms. The molecule has 0 spiro atoms. The largest absolute Gasteiger partial charge is 0.444 e. The number of thioether (sulfide) groups is 1. The van der Waals surface area contributed by atoms with E-state index in [2.05, 4.69) is 4.98 Å². The molecule has 1 aromatic carbocycles. The van der Waals surface area contributed by atoms with Crippen LogP contribution in [0.1, 0.15) is 18.5 Å². The molecule has 3 rings (SSSR count). The second kappa shape index (κ2) is 7.66. The minimum atomic E-state index is 0.176. The summed E-state index contributed by atoms with van der Waals surface area (Å²) in [5.74, 6) is 1.93. The maximum absolute atomic E-state index is 12.2. The summed E-state index contributed by atoms with van der Waals surface area (Å²) in [7, 11) is 0. The molecule has 2 heterocycles. The van der Waals surface area contributed by atoms with Crippen molar-refractivity contribution in [2.24, 2.45) is 5.73 Å². The van der Waals surface area contributed by atoms with Crippen LogP contribution in [0, 0.1) is 0 Å². The van der Waals surface area contributed by atoms with Gasteiger partial charge in [0.05, 0.1) is 11.4 Å². The Bertz CT molecular complexity index is 644. The summed E-state index contributed by atoms with van der Waals surface area (Å²) in [5.41, 5.74) is 7.54. The van der Waals surface area contributed by atoms with E-state index in [1.807, 2.05) is 35.2 Å². The maximum Gasteiger partial charge on any atom is 0.232 e. The number of rotatable bonds is 6. The first-order valence-corrected chi connectivity index (χ1v) is 9.00. The van der Waals surface area contributed by atoms with Gasteiger partial charge in [0.25, 0.3) is 0 Å². The van der Waals surface area contributed by atoms with Crippen molar-refractivity contribution in [1.82, 2.24) is 9.88 Å². The Balaban J connectivity index is 1.49. The zero-order valence-electron chi connectivity index (χ0n) is 13.0. The van der Waals surface area contributed by atoms with Crippen LogP contribution < -0.4 is 5.73 Å². The quantitative estimate of drug-likeness (QED) is 0.880. The van der Waals surface area contributed by atoms with Crippen LogP contribution in [-0.4, -0.2) is 40.7 Å². The van der Waals surface area contributed by atoms with Crippen molar-refractivity contribution in [3.05, 3.63) is 42.3 Å². The fraction of sp³-hybridized carbons (Fsp3) is 0.412. The maximum atomic E-state index is 12.2. The lowest BCUT2D eigenvalue weighted by atomic mass is 10.2. The average Bonchev–Trinajstić information content (AvgIpc) is 3.24. The number of carbonyl (C=O) groups is 1. The SMILES string of the molecule is NCC1CCCN1C(=O)CSCc1coc(-c2ccccc2)n1. The summed E-state index contributed by atoms with van der Waals surface area (Å²) in [6.07, 6.45) is 3.75. The molecule has 1 aliphatic rings. The van der Waals surface area contributed by atoms with Gasteiger partial charge < -0.3 is 15.1 Å². The minimum absolute atomic E-state index is 0.176. The molecule has 2 aromatic rings. The van der Waals surface area contributed by atoms with Gasteiger partial charge in [0, 0.05) is 30.4 Å². The summed E-state index contributed by atoms with van der Waals surface area (Å²) >= 11 is 1.57. The van der Waals surface area contributed by atoms with Gasteiger partial charge in [0.15, 0.2) is 0 Å². The average molecular weight is 331 g/mol.